The summed E-state index contributed by atoms with van der Waals surface area (Å²) in [7, 11) is -1.23. The summed E-state index contributed by atoms with van der Waals surface area (Å²) in [6.07, 6.45) is 7.32. The normalized spacial score (nSPS) is 22.9. The highest BCUT2D eigenvalue weighted by Gasteiger charge is 2.15. The Hall–Kier alpha value is -0.633. The van der Waals surface area contributed by atoms with Crippen LogP contribution in [0.2, 0.25) is 19.6 Å². The van der Waals surface area contributed by atoms with Gasteiger partial charge < -0.3 is 0 Å². The van der Waals surface area contributed by atoms with Crippen molar-refractivity contribution in [3.63, 3.8) is 0 Å². The SMILES string of the molecule is CC1C=C(C(=O)C=C[Si](C)(C)C)CCC1. The first-order valence-electron chi connectivity index (χ1n) is 5.83. The highest BCUT2D eigenvalue weighted by atomic mass is 28.3. The molecule has 1 atom stereocenters. The van der Waals surface area contributed by atoms with Crippen molar-refractivity contribution in [3.05, 3.63) is 23.4 Å². The van der Waals surface area contributed by atoms with Gasteiger partial charge in [-0.25, -0.2) is 0 Å². The molecule has 0 saturated heterocycles. The van der Waals surface area contributed by atoms with E-state index in [9.17, 15) is 4.79 Å². The Bertz CT molecular complexity index is 294. The number of carbonyl (C=O) groups excluding carboxylic acids is 1. The molecule has 0 fully saturated rings. The lowest BCUT2D eigenvalue weighted by atomic mass is 9.90. The smallest absolute Gasteiger partial charge is 0.180 e. The second-order valence-electron chi connectivity index (χ2n) is 5.63. The number of rotatable bonds is 3. The molecule has 1 aliphatic carbocycles. The first-order valence-corrected chi connectivity index (χ1v) is 9.40. The molecule has 0 spiro atoms. The third kappa shape index (κ3) is 4.60. The summed E-state index contributed by atoms with van der Waals surface area (Å²) in [5, 5.41) is 0. The van der Waals surface area contributed by atoms with Gasteiger partial charge in [-0.15, -0.1) is 0 Å². The molecular formula is C13H22OSi. The number of hydrogen-bond acceptors (Lipinski definition) is 1. The Kier molecular flexibility index (Phi) is 4.09. The van der Waals surface area contributed by atoms with E-state index in [0.717, 1.165) is 12.0 Å². The van der Waals surface area contributed by atoms with Gasteiger partial charge in [-0.2, -0.15) is 0 Å². The molecule has 0 amide bonds. The van der Waals surface area contributed by atoms with Crippen molar-refractivity contribution in [2.75, 3.05) is 0 Å². The summed E-state index contributed by atoms with van der Waals surface area (Å²) < 4.78 is 0. The van der Waals surface area contributed by atoms with Crippen molar-refractivity contribution in [2.45, 2.75) is 45.8 Å². The Labute approximate surface area is 94.3 Å². The molecule has 0 aromatic carbocycles. The van der Waals surface area contributed by atoms with E-state index in [4.69, 9.17) is 0 Å². The third-order valence-electron chi connectivity index (χ3n) is 2.64. The van der Waals surface area contributed by atoms with Crippen LogP contribution in [0.4, 0.5) is 0 Å². The third-order valence-corrected chi connectivity index (χ3v) is 3.81. The van der Waals surface area contributed by atoms with Gasteiger partial charge in [-0.05, 0) is 36.8 Å². The van der Waals surface area contributed by atoms with Gasteiger partial charge in [0.05, 0.1) is 8.07 Å². The minimum absolute atomic E-state index is 0.240. The van der Waals surface area contributed by atoms with Crippen molar-refractivity contribution < 1.29 is 4.79 Å². The van der Waals surface area contributed by atoms with Crippen LogP contribution in [0.1, 0.15) is 26.2 Å². The number of allylic oxidation sites excluding steroid dienone is 3. The van der Waals surface area contributed by atoms with Crippen LogP contribution in [-0.2, 0) is 4.79 Å². The molecule has 84 valence electrons. The van der Waals surface area contributed by atoms with Gasteiger partial charge in [0, 0.05) is 0 Å². The molecule has 1 aliphatic rings. The molecule has 1 unspecified atom stereocenters. The first-order chi connectivity index (χ1) is 6.88. The van der Waals surface area contributed by atoms with Crippen LogP contribution in [0.25, 0.3) is 0 Å². The topological polar surface area (TPSA) is 17.1 Å². The summed E-state index contributed by atoms with van der Waals surface area (Å²) in [4.78, 5) is 11.9. The van der Waals surface area contributed by atoms with Crippen molar-refractivity contribution in [2.24, 2.45) is 5.92 Å². The zero-order valence-electron chi connectivity index (χ0n) is 10.3. The van der Waals surface area contributed by atoms with Crippen LogP contribution < -0.4 is 0 Å². The van der Waals surface area contributed by atoms with E-state index in [-0.39, 0.29) is 5.78 Å². The van der Waals surface area contributed by atoms with Crippen LogP contribution >= 0.6 is 0 Å². The Morgan fingerprint density at radius 1 is 1.47 bits per heavy atom. The van der Waals surface area contributed by atoms with Gasteiger partial charge in [-0.3, -0.25) is 4.79 Å². The summed E-state index contributed by atoms with van der Waals surface area (Å²) in [6, 6.07) is 0. The molecule has 0 bridgehead atoms. The minimum Gasteiger partial charge on any atom is -0.290 e. The lowest BCUT2D eigenvalue weighted by Gasteiger charge is -2.16. The molecule has 0 aromatic heterocycles. The fourth-order valence-electron chi connectivity index (χ4n) is 1.76. The van der Waals surface area contributed by atoms with Crippen LogP contribution in [0.15, 0.2) is 23.4 Å². The van der Waals surface area contributed by atoms with E-state index in [2.05, 4.69) is 38.3 Å². The summed E-state index contributed by atoms with van der Waals surface area (Å²) in [6.45, 7) is 8.92. The predicted molar refractivity (Wildman–Crippen MR) is 68.6 cm³/mol. The van der Waals surface area contributed by atoms with Crippen molar-refractivity contribution in [3.8, 4) is 0 Å². The van der Waals surface area contributed by atoms with E-state index >= 15 is 0 Å². The average molecular weight is 222 g/mol. The molecule has 1 rings (SSSR count). The molecule has 15 heavy (non-hydrogen) atoms. The van der Waals surface area contributed by atoms with E-state index < -0.39 is 8.07 Å². The molecular weight excluding hydrogens is 200 g/mol. The summed E-state index contributed by atoms with van der Waals surface area (Å²) in [5.74, 6) is 0.821. The van der Waals surface area contributed by atoms with E-state index in [1.165, 1.54) is 12.8 Å². The lowest BCUT2D eigenvalue weighted by molar-refractivity contribution is -0.111. The lowest BCUT2D eigenvalue weighted by Crippen LogP contribution is -2.17. The standard InChI is InChI=1S/C13H22OSi/c1-11-6-5-7-12(10-11)13(14)8-9-15(2,3)4/h8-11H,5-7H2,1-4H3. The maximum absolute atomic E-state index is 11.9. The monoisotopic (exact) mass is 222 g/mol. The molecule has 0 aliphatic heterocycles. The van der Waals surface area contributed by atoms with Gasteiger partial charge in [0.15, 0.2) is 5.78 Å². The fourth-order valence-corrected chi connectivity index (χ4v) is 2.41. The Balaban J connectivity index is 2.65. The van der Waals surface area contributed by atoms with Crippen LogP contribution in [0, 0.1) is 5.92 Å². The van der Waals surface area contributed by atoms with E-state index in [1.54, 1.807) is 6.08 Å². The van der Waals surface area contributed by atoms with Gasteiger partial charge in [0.2, 0.25) is 0 Å². The number of ketones is 1. The fraction of sp³-hybridized carbons (Fsp3) is 0.615. The first kappa shape index (κ1) is 12.4. The van der Waals surface area contributed by atoms with Crippen LogP contribution in [0.3, 0.4) is 0 Å². The van der Waals surface area contributed by atoms with Crippen molar-refractivity contribution in [1.29, 1.82) is 0 Å². The van der Waals surface area contributed by atoms with E-state index in [1.807, 2.05) is 0 Å². The van der Waals surface area contributed by atoms with Crippen LogP contribution in [0.5, 0.6) is 0 Å². The molecule has 0 saturated carbocycles. The second-order valence-corrected chi connectivity index (χ2v) is 10.7. The zero-order chi connectivity index (χ0) is 11.5. The zero-order valence-corrected chi connectivity index (χ0v) is 11.3. The highest BCUT2D eigenvalue weighted by Crippen LogP contribution is 2.23. The number of carbonyl (C=O) groups is 1. The summed E-state index contributed by atoms with van der Waals surface area (Å²) in [5.41, 5.74) is 3.17. The quantitative estimate of drug-likeness (QED) is 0.525. The van der Waals surface area contributed by atoms with Gasteiger partial charge in [0.25, 0.3) is 0 Å². The number of hydrogen-bond donors (Lipinski definition) is 0. The van der Waals surface area contributed by atoms with Crippen LogP contribution in [-0.4, -0.2) is 13.9 Å². The largest absolute Gasteiger partial charge is 0.290 e. The summed E-state index contributed by atoms with van der Waals surface area (Å²) >= 11 is 0. The molecule has 0 heterocycles. The maximum Gasteiger partial charge on any atom is 0.180 e. The Morgan fingerprint density at radius 3 is 2.67 bits per heavy atom. The average Bonchev–Trinajstić information content (AvgIpc) is 2.13. The predicted octanol–water partition coefficient (Wildman–Crippen LogP) is 3.74. The Morgan fingerprint density at radius 2 is 2.13 bits per heavy atom. The molecule has 1 nitrogen and oxygen atoms in total. The minimum atomic E-state index is -1.23. The molecule has 0 N–H and O–H groups in total. The highest BCUT2D eigenvalue weighted by molar-refractivity contribution is 6.81. The van der Waals surface area contributed by atoms with Crippen molar-refractivity contribution in [1.82, 2.24) is 0 Å². The molecule has 2 heteroatoms. The molecule has 0 radical (unpaired) electrons. The van der Waals surface area contributed by atoms with Gasteiger partial charge in [0.1, 0.15) is 0 Å². The van der Waals surface area contributed by atoms with Crippen molar-refractivity contribution >= 4 is 13.9 Å². The van der Waals surface area contributed by atoms with Gasteiger partial charge in [-0.1, -0.05) is 38.3 Å². The maximum atomic E-state index is 11.9. The second kappa shape index (κ2) is 4.93. The van der Waals surface area contributed by atoms with Gasteiger partial charge >= 0.3 is 0 Å². The molecule has 0 aromatic rings. The van der Waals surface area contributed by atoms with E-state index in [0.29, 0.717) is 5.92 Å².